The molecule has 1 aromatic rings. The highest BCUT2D eigenvalue weighted by Crippen LogP contribution is 2.37. The normalized spacial score (nSPS) is 16.5. The monoisotopic (exact) mass is 149 g/mol. The molecule has 1 fully saturated rings. The van der Waals surface area contributed by atoms with Crippen molar-refractivity contribution in [2.45, 2.75) is 18.8 Å². The van der Waals surface area contributed by atoms with Crippen molar-refractivity contribution in [1.29, 1.82) is 0 Å². The first kappa shape index (κ1) is 6.58. The average molecular weight is 149 g/mol. The van der Waals surface area contributed by atoms with Gasteiger partial charge in [0.05, 0.1) is 18.1 Å². The van der Waals surface area contributed by atoms with Crippen LogP contribution in [-0.4, -0.2) is 17.0 Å². The minimum absolute atomic E-state index is 0.654. The maximum absolute atomic E-state index is 4.24. The molecule has 1 saturated carbocycles. The number of nitrogens with one attached hydrogen (secondary N) is 1. The van der Waals surface area contributed by atoms with Crippen LogP contribution in [0.2, 0.25) is 0 Å². The van der Waals surface area contributed by atoms with Crippen LogP contribution in [0.5, 0.6) is 0 Å². The summed E-state index contributed by atoms with van der Waals surface area (Å²) in [5.41, 5.74) is 0.981. The van der Waals surface area contributed by atoms with E-state index in [1.165, 1.54) is 12.8 Å². The van der Waals surface area contributed by atoms with Gasteiger partial charge in [0.25, 0.3) is 0 Å². The van der Waals surface area contributed by atoms with E-state index in [2.05, 4.69) is 15.3 Å². The van der Waals surface area contributed by atoms with Crippen LogP contribution in [-0.2, 0) is 0 Å². The van der Waals surface area contributed by atoms with E-state index in [0.717, 1.165) is 11.5 Å². The van der Waals surface area contributed by atoms with Crippen molar-refractivity contribution in [2.24, 2.45) is 0 Å². The lowest BCUT2D eigenvalue weighted by molar-refractivity contribution is 0.927. The van der Waals surface area contributed by atoms with E-state index in [1.807, 2.05) is 19.4 Å². The first-order chi connectivity index (χ1) is 5.40. The van der Waals surface area contributed by atoms with Gasteiger partial charge >= 0.3 is 0 Å². The Bertz CT molecular complexity index is 238. The van der Waals surface area contributed by atoms with Crippen molar-refractivity contribution in [3.63, 3.8) is 0 Å². The number of hydrogen-bond acceptors (Lipinski definition) is 3. The summed E-state index contributed by atoms with van der Waals surface area (Å²) in [4.78, 5) is 8.48. The van der Waals surface area contributed by atoms with Crippen LogP contribution in [0.3, 0.4) is 0 Å². The first-order valence-corrected chi connectivity index (χ1v) is 3.90. The van der Waals surface area contributed by atoms with Gasteiger partial charge in [-0.2, -0.15) is 0 Å². The Morgan fingerprint density at radius 3 is 2.45 bits per heavy atom. The second-order valence-corrected chi connectivity index (χ2v) is 2.85. The Labute approximate surface area is 65.9 Å². The Morgan fingerprint density at radius 2 is 2.00 bits per heavy atom. The molecule has 1 aliphatic rings. The highest BCUT2D eigenvalue weighted by atomic mass is 14.9. The molecule has 0 atom stereocenters. The summed E-state index contributed by atoms with van der Waals surface area (Å²) in [6, 6.07) is 0. The van der Waals surface area contributed by atoms with E-state index < -0.39 is 0 Å². The second kappa shape index (κ2) is 2.49. The highest BCUT2D eigenvalue weighted by molar-refractivity contribution is 5.36. The van der Waals surface area contributed by atoms with Gasteiger partial charge in [-0.05, 0) is 12.8 Å². The molecule has 0 aliphatic heterocycles. The molecule has 3 heteroatoms. The molecule has 1 aliphatic carbocycles. The largest absolute Gasteiger partial charge is 0.386 e. The van der Waals surface area contributed by atoms with Crippen LogP contribution < -0.4 is 5.32 Å². The molecule has 0 radical (unpaired) electrons. The zero-order chi connectivity index (χ0) is 7.68. The van der Waals surface area contributed by atoms with Crippen molar-refractivity contribution in [1.82, 2.24) is 9.97 Å². The van der Waals surface area contributed by atoms with Gasteiger partial charge in [-0.3, -0.25) is 0 Å². The predicted molar refractivity (Wildman–Crippen MR) is 43.6 cm³/mol. The summed E-state index contributed by atoms with van der Waals surface area (Å²) < 4.78 is 0. The van der Waals surface area contributed by atoms with E-state index in [4.69, 9.17) is 0 Å². The second-order valence-electron chi connectivity index (χ2n) is 2.85. The number of hydrogen-bond donors (Lipinski definition) is 1. The maximum Gasteiger partial charge on any atom is 0.131 e. The quantitative estimate of drug-likeness (QED) is 0.690. The van der Waals surface area contributed by atoms with Crippen LogP contribution in [0.25, 0.3) is 0 Å². The topological polar surface area (TPSA) is 37.8 Å². The zero-order valence-corrected chi connectivity index (χ0v) is 6.54. The third kappa shape index (κ3) is 1.31. The third-order valence-electron chi connectivity index (χ3n) is 1.90. The van der Waals surface area contributed by atoms with Gasteiger partial charge < -0.3 is 5.32 Å². The maximum atomic E-state index is 4.24. The van der Waals surface area contributed by atoms with Crippen molar-refractivity contribution in [2.75, 3.05) is 12.4 Å². The standard InChI is InChI=1S/C8H11N3/c1-9-7-4-10-8(11-5-7)6-2-3-6/h4-6,9H,2-3H2,1H3. The predicted octanol–water partition coefficient (Wildman–Crippen LogP) is 1.40. The molecule has 3 nitrogen and oxygen atoms in total. The molecule has 1 heterocycles. The number of nitrogens with zero attached hydrogens (tertiary/aromatic N) is 2. The Balaban J connectivity index is 2.19. The summed E-state index contributed by atoms with van der Waals surface area (Å²) in [7, 11) is 1.87. The van der Waals surface area contributed by atoms with E-state index in [-0.39, 0.29) is 0 Å². The lowest BCUT2D eigenvalue weighted by Gasteiger charge is -1.98. The van der Waals surface area contributed by atoms with Gasteiger partial charge in [-0.25, -0.2) is 9.97 Å². The molecular weight excluding hydrogens is 138 g/mol. The van der Waals surface area contributed by atoms with Crippen LogP contribution in [0, 0.1) is 0 Å². The van der Waals surface area contributed by atoms with Crippen molar-refractivity contribution < 1.29 is 0 Å². The number of anilines is 1. The fourth-order valence-electron chi connectivity index (χ4n) is 1.02. The minimum Gasteiger partial charge on any atom is -0.386 e. The van der Waals surface area contributed by atoms with E-state index >= 15 is 0 Å². The average Bonchev–Trinajstić information content (AvgIpc) is 2.87. The van der Waals surface area contributed by atoms with Crippen molar-refractivity contribution >= 4 is 5.69 Å². The summed E-state index contributed by atoms with van der Waals surface area (Å²) in [6.45, 7) is 0. The van der Waals surface area contributed by atoms with Gasteiger partial charge in [-0.1, -0.05) is 0 Å². The fourth-order valence-corrected chi connectivity index (χ4v) is 1.02. The van der Waals surface area contributed by atoms with Crippen molar-refractivity contribution in [3.05, 3.63) is 18.2 Å². The molecule has 1 aromatic heterocycles. The smallest absolute Gasteiger partial charge is 0.131 e. The summed E-state index contributed by atoms with van der Waals surface area (Å²) in [5.74, 6) is 1.66. The summed E-state index contributed by atoms with van der Waals surface area (Å²) >= 11 is 0. The van der Waals surface area contributed by atoms with Crippen LogP contribution in [0.4, 0.5) is 5.69 Å². The third-order valence-corrected chi connectivity index (χ3v) is 1.90. The molecule has 0 unspecified atom stereocenters. The Morgan fingerprint density at radius 1 is 1.36 bits per heavy atom. The van der Waals surface area contributed by atoms with E-state index in [9.17, 15) is 0 Å². The zero-order valence-electron chi connectivity index (χ0n) is 6.54. The molecule has 1 N–H and O–H groups in total. The van der Waals surface area contributed by atoms with Gasteiger partial charge in [0.1, 0.15) is 5.82 Å². The molecule has 0 saturated heterocycles. The first-order valence-electron chi connectivity index (χ1n) is 3.90. The van der Waals surface area contributed by atoms with E-state index in [0.29, 0.717) is 5.92 Å². The summed E-state index contributed by atoms with van der Waals surface area (Å²) in [5, 5.41) is 2.99. The lowest BCUT2D eigenvalue weighted by atomic mass is 10.4. The summed E-state index contributed by atoms with van der Waals surface area (Å²) in [6.07, 6.45) is 6.19. The highest BCUT2D eigenvalue weighted by Gasteiger charge is 2.25. The Hall–Kier alpha value is -1.12. The molecule has 0 amide bonds. The van der Waals surface area contributed by atoms with Crippen LogP contribution in [0.1, 0.15) is 24.6 Å². The van der Waals surface area contributed by atoms with Crippen LogP contribution in [0.15, 0.2) is 12.4 Å². The molecule has 11 heavy (non-hydrogen) atoms. The molecule has 0 bridgehead atoms. The Kier molecular flexibility index (Phi) is 1.49. The molecule has 2 rings (SSSR count). The fraction of sp³-hybridized carbons (Fsp3) is 0.500. The lowest BCUT2D eigenvalue weighted by Crippen LogP contribution is -1.94. The molecule has 0 spiro atoms. The minimum atomic E-state index is 0.654. The van der Waals surface area contributed by atoms with Gasteiger partial charge in [0, 0.05) is 13.0 Å². The van der Waals surface area contributed by atoms with Gasteiger partial charge in [0.15, 0.2) is 0 Å². The SMILES string of the molecule is CNc1cnc(C2CC2)nc1. The number of rotatable bonds is 2. The number of aromatic nitrogens is 2. The van der Waals surface area contributed by atoms with E-state index in [1.54, 1.807) is 0 Å². The molecule has 58 valence electrons. The van der Waals surface area contributed by atoms with Gasteiger partial charge in [0.2, 0.25) is 0 Å². The van der Waals surface area contributed by atoms with Crippen molar-refractivity contribution in [3.8, 4) is 0 Å². The molecule has 0 aromatic carbocycles. The molecular formula is C8H11N3. The van der Waals surface area contributed by atoms with Gasteiger partial charge in [-0.15, -0.1) is 0 Å². The van der Waals surface area contributed by atoms with Crippen LogP contribution >= 0.6 is 0 Å².